The molecule has 30 heavy (non-hydrogen) atoms. The van der Waals surface area contributed by atoms with Gasteiger partial charge in [-0.25, -0.2) is 9.50 Å². The number of likely N-dealkylation sites (tertiary alicyclic amines) is 1. The number of hydrogen-bond acceptors (Lipinski definition) is 6. The third-order valence-corrected chi connectivity index (χ3v) is 6.50. The Morgan fingerprint density at radius 1 is 1.30 bits per heavy atom. The Bertz CT molecular complexity index is 1190. The minimum atomic E-state index is -0.0809. The highest BCUT2D eigenvalue weighted by Crippen LogP contribution is 2.27. The first-order valence-electron chi connectivity index (χ1n) is 10.0. The third kappa shape index (κ3) is 3.59. The van der Waals surface area contributed by atoms with Crippen LogP contribution < -0.4 is 5.32 Å². The largest absolute Gasteiger partial charge is 0.350 e. The molecule has 0 radical (unpaired) electrons. The van der Waals surface area contributed by atoms with Crippen molar-refractivity contribution in [1.82, 2.24) is 29.8 Å². The monoisotopic (exact) mass is 418 g/mol. The maximum Gasteiger partial charge on any atom is 0.251 e. The smallest absolute Gasteiger partial charge is 0.251 e. The van der Waals surface area contributed by atoms with Crippen molar-refractivity contribution in [2.45, 2.75) is 18.9 Å². The number of amides is 1. The van der Waals surface area contributed by atoms with Crippen molar-refractivity contribution in [2.24, 2.45) is 0 Å². The molecule has 152 valence electrons. The van der Waals surface area contributed by atoms with Gasteiger partial charge in [0.25, 0.3) is 5.91 Å². The van der Waals surface area contributed by atoms with Crippen LogP contribution in [-0.4, -0.2) is 56.6 Å². The second-order valence-corrected chi connectivity index (χ2v) is 8.48. The van der Waals surface area contributed by atoms with Crippen LogP contribution in [0.4, 0.5) is 0 Å². The van der Waals surface area contributed by atoms with E-state index < -0.39 is 0 Å². The number of carbonyl (C=O) groups is 1. The van der Waals surface area contributed by atoms with Gasteiger partial charge < -0.3 is 10.2 Å². The van der Waals surface area contributed by atoms with Crippen molar-refractivity contribution < 1.29 is 4.79 Å². The Kier molecular flexibility index (Phi) is 5.02. The van der Waals surface area contributed by atoms with E-state index in [2.05, 4.69) is 27.3 Å². The van der Waals surface area contributed by atoms with Gasteiger partial charge >= 0.3 is 0 Å². The zero-order valence-electron chi connectivity index (χ0n) is 16.7. The van der Waals surface area contributed by atoms with E-state index >= 15 is 0 Å². The van der Waals surface area contributed by atoms with Gasteiger partial charge in [0.1, 0.15) is 0 Å². The first-order valence-corrected chi connectivity index (χ1v) is 10.9. The molecule has 0 aromatic carbocycles. The van der Waals surface area contributed by atoms with Crippen molar-refractivity contribution in [2.75, 3.05) is 20.1 Å². The number of fused-ring (bicyclic) bond motifs is 1. The standard InChI is InChI=1S/C22H22N6OS/c1-27-9-2-4-16(27)13-24-22(29)15-6-8-23-19(12-15)17-14-25-28-10-7-18(26-21(17)28)20-5-3-11-30-20/h3,5-8,10-12,14,16H,2,4,9,13H2,1H3,(H,24,29)/t16-/m0/s1. The molecule has 0 bridgehead atoms. The van der Waals surface area contributed by atoms with Crippen LogP contribution in [0, 0.1) is 0 Å². The maximum absolute atomic E-state index is 12.7. The first kappa shape index (κ1) is 18.9. The summed E-state index contributed by atoms with van der Waals surface area (Å²) >= 11 is 1.65. The molecule has 4 aromatic rings. The summed E-state index contributed by atoms with van der Waals surface area (Å²) in [4.78, 5) is 25.4. The summed E-state index contributed by atoms with van der Waals surface area (Å²) < 4.78 is 1.73. The first-order chi connectivity index (χ1) is 14.7. The van der Waals surface area contributed by atoms with Crippen molar-refractivity contribution in [3.8, 4) is 21.8 Å². The number of nitrogens with zero attached hydrogens (tertiary/aromatic N) is 5. The average molecular weight is 419 g/mol. The summed E-state index contributed by atoms with van der Waals surface area (Å²) in [6.07, 6.45) is 7.62. The highest BCUT2D eigenvalue weighted by molar-refractivity contribution is 7.13. The van der Waals surface area contributed by atoms with Crippen molar-refractivity contribution in [1.29, 1.82) is 0 Å². The fourth-order valence-electron chi connectivity index (χ4n) is 3.88. The van der Waals surface area contributed by atoms with Crippen molar-refractivity contribution in [3.63, 3.8) is 0 Å². The number of rotatable bonds is 5. The van der Waals surface area contributed by atoms with E-state index in [1.165, 1.54) is 6.42 Å². The van der Waals surface area contributed by atoms with E-state index in [0.717, 1.165) is 34.7 Å². The lowest BCUT2D eigenvalue weighted by molar-refractivity contribution is 0.0943. The Morgan fingerprint density at radius 2 is 2.23 bits per heavy atom. The fraction of sp³-hybridized carbons (Fsp3) is 0.273. The lowest BCUT2D eigenvalue weighted by Gasteiger charge is -2.19. The molecule has 7 nitrogen and oxygen atoms in total. The predicted octanol–water partition coefficient (Wildman–Crippen LogP) is 3.34. The van der Waals surface area contributed by atoms with Gasteiger partial charge in [-0.15, -0.1) is 11.3 Å². The Hall–Kier alpha value is -3.10. The molecule has 1 aliphatic heterocycles. The maximum atomic E-state index is 12.7. The number of pyridine rings is 1. The summed E-state index contributed by atoms with van der Waals surface area (Å²) in [5.74, 6) is -0.0809. The molecular formula is C22H22N6OS. The fourth-order valence-corrected chi connectivity index (χ4v) is 4.58. The SMILES string of the molecule is CN1CCC[C@H]1CNC(=O)c1ccnc(-c2cnn3ccc(-c4cccs4)nc23)c1. The van der Waals surface area contributed by atoms with Crippen LogP contribution in [0.25, 0.3) is 27.5 Å². The minimum absolute atomic E-state index is 0.0809. The third-order valence-electron chi connectivity index (χ3n) is 5.61. The number of hydrogen-bond donors (Lipinski definition) is 1. The van der Waals surface area contributed by atoms with Gasteiger partial charge in [-0.05, 0) is 56.1 Å². The molecule has 5 heterocycles. The van der Waals surface area contributed by atoms with Crippen LogP contribution in [0.5, 0.6) is 0 Å². The number of thiophene rings is 1. The van der Waals surface area contributed by atoms with Gasteiger partial charge in [0, 0.05) is 30.5 Å². The summed E-state index contributed by atoms with van der Waals surface area (Å²) in [6, 6.07) is 9.97. The van der Waals surface area contributed by atoms with Gasteiger partial charge in [-0.2, -0.15) is 5.10 Å². The van der Waals surface area contributed by atoms with E-state index in [1.807, 2.05) is 35.8 Å². The normalized spacial score (nSPS) is 16.9. The van der Waals surface area contributed by atoms with E-state index in [9.17, 15) is 4.79 Å². The Balaban J connectivity index is 1.41. The quantitative estimate of drug-likeness (QED) is 0.538. The van der Waals surface area contributed by atoms with Gasteiger partial charge in [0.15, 0.2) is 5.65 Å². The molecule has 1 amide bonds. The molecular weight excluding hydrogens is 396 g/mol. The molecule has 0 spiro atoms. The van der Waals surface area contributed by atoms with E-state index in [1.54, 1.807) is 34.3 Å². The van der Waals surface area contributed by atoms with Gasteiger partial charge in [-0.1, -0.05) is 6.07 Å². The van der Waals surface area contributed by atoms with Crippen LogP contribution in [0.2, 0.25) is 0 Å². The molecule has 1 N–H and O–H groups in total. The Morgan fingerprint density at radius 3 is 3.03 bits per heavy atom. The van der Waals surface area contributed by atoms with Gasteiger partial charge in [0.2, 0.25) is 0 Å². The highest BCUT2D eigenvalue weighted by atomic mass is 32.1. The zero-order chi connectivity index (χ0) is 20.5. The van der Waals surface area contributed by atoms with Crippen LogP contribution in [0.15, 0.2) is 54.3 Å². The summed E-state index contributed by atoms with van der Waals surface area (Å²) in [5.41, 5.74) is 3.70. The predicted molar refractivity (Wildman–Crippen MR) is 118 cm³/mol. The molecule has 0 saturated carbocycles. The summed E-state index contributed by atoms with van der Waals surface area (Å²) in [6.45, 7) is 1.75. The van der Waals surface area contributed by atoms with Gasteiger partial charge in [-0.3, -0.25) is 9.78 Å². The molecule has 1 atom stereocenters. The van der Waals surface area contributed by atoms with Crippen molar-refractivity contribution in [3.05, 3.63) is 59.9 Å². The molecule has 1 saturated heterocycles. The Labute approximate surface area is 178 Å². The van der Waals surface area contributed by atoms with Gasteiger partial charge in [0.05, 0.1) is 28.0 Å². The second-order valence-electron chi connectivity index (χ2n) is 7.53. The molecule has 0 unspecified atom stereocenters. The van der Waals surface area contributed by atoms with E-state index in [0.29, 0.717) is 23.8 Å². The van der Waals surface area contributed by atoms with E-state index in [4.69, 9.17) is 4.98 Å². The molecule has 1 fully saturated rings. The molecule has 4 aromatic heterocycles. The number of carbonyl (C=O) groups excluding carboxylic acids is 1. The van der Waals surface area contributed by atoms with Crippen LogP contribution in [0.3, 0.4) is 0 Å². The summed E-state index contributed by atoms with van der Waals surface area (Å²) in [5, 5.41) is 9.50. The van der Waals surface area contributed by atoms with Crippen LogP contribution in [0.1, 0.15) is 23.2 Å². The molecule has 5 rings (SSSR count). The highest BCUT2D eigenvalue weighted by Gasteiger charge is 2.21. The average Bonchev–Trinajstić information content (AvgIpc) is 3.52. The number of nitrogens with one attached hydrogen (secondary N) is 1. The topological polar surface area (TPSA) is 75.4 Å². The van der Waals surface area contributed by atoms with Crippen LogP contribution in [-0.2, 0) is 0 Å². The van der Waals surface area contributed by atoms with Crippen LogP contribution >= 0.6 is 11.3 Å². The lowest BCUT2D eigenvalue weighted by atomic mass is 10.1. The number of likely N-dealkylation sites (N-methyl/N-ethyl adjacent to an activating group) is 1. The number of aromatic nitrogens is 4. The molecule has 8 heteroatoms. The second kappa shape index (κ2) is 7.97. The zero-order valence-corrected chi connectivity index (χ0v) is 17.5. The van der Waals surface area contributed by atoms with Crippen molar-refractivity contribution >= 4 is 22.9 Å². The minimum Gasteiger partial charge on any atom is -0.350 e. The lowest BCUT2D eigenvalue weighted by Crippen LogP contribution is -2.38. The summed E-state index contributed by atoms with van der Waals surface area (Å²) in [7, 11) is 2.11. The van der Waals surface area contributed by atoms with E-state index in [-0.39, 0.29) is 5.91 Å². The molecule has 1 aliphatic rings. The molecule has 0 aliphatic carbocycles.